The van der Waals surface area contributed by atoms with Crippen LogP contribution in [0.1, 0.15) is 32.3 Å². The number of rotatable bonds is 4. The van der Waals surface area contributed by atoms with Crippen LogP contribution >= 0.6 is 0 Å². The third-order valence-electron chi connectivity index (χ3n) is 4.35. The summed E-state index contributed by atoms with van der Waals surface area (Å²) in [6.07, 6.45) is 5.39. The Balaban J connectivity index is 1.53. The van der Waals surface area contributed by atoms with Crippen molar-refractivity contribution in [3.8, 4) is 0 Å². The molecule has 1 aromatic rings. The van der Waals surface area contributed by atoms with Crippen molar-refractivity contribution in [2.24, 2.45) is 5.92 Å². The van der Waals surface area contributed by atoms with Crippen molar-refractivity contribution in [1.82, 2.24) is 10.2 Å². The van der Waals surface area contributed by atoms with Crippen molar-refractivity contribution < 1.29 is 13.9 Å². The third kappa shape index (κ3) is 3.47. The number of fused-ring (bicyclic) bond motifs is 1. The van der Waals surface area contributed by atoms with Gasteiger partial charge in [0.05, 0.1) is 18.6 Å². The molecular formula is C16H24N2O3. The first-order chi connectivity index (χ1) is 10.1. The van der Waals surface area contributed by atoms with E-state index < -0.39 is 0 Å². The normalized spacial score (nSPS) is 29.6. The van der Waals surface area contributed by atoms with Crippen LogP contribution in [0.15, 0.2) is 23.0 Å². The molecule has 2 aliphatic rings. The van der Waals surface area contributed by atoms with E-state index in [0.717, 1.165) is 32.5 Å². The number of ether oxygens (including phenoxy) is 1. The van der Waals surface area contributed by atoms with Gasteiger partial charge in [0.25, 0.3) is 0 Å². The molecule has 1 aromatic heterocycles. The van der Waals surface area contributed by atoms with Gasteiger partial charge in [0, 0.05) is 24.7 Å². The molecule has 2 saturated heterocycles. The molecule has 0 spiro atoms. The van der Waals surface area contributed by atoms with Crippen molar-refractivity contribution >= 4 is 5.91 Å². The van der Waals surface area contributed by atoms with Crippen LogP contribution in [0.25, 0.3) is 0 Å². The maximum absolute atomic E-state index is 12.1. The molecule has 3 heterocycles. The van der Waals surface area contributed by atoms with Crippen LogP contribution in [0, 0.1) is 5.92 Å². The van der Waals surface area contributed by atoms with Crippen molar-refractivity contribution in [3.05, 3.63) is 24.2 Å². The standard InChI is InChI=1S/C16H24N2O3/c1-11(2)17-16(19)14-7-13-3-5-18(9-15(13)21-14)8-12-4-6-20-10-12/h4,6,10-11,13-15H,3,5,7-9H2,1-2H3,(H,17,19)/t13-,14-,15+/m0/s1. The first-order valence-electron chi connectivity index (χ1n) is 7.81. The molecule has 0 unspecified atom stereocenters. The van der Waals surface area contributed by atoms with Crippen LogP contribution in [0.4, 0.5) is 0 Å². The largest absolute Gasteiger partial charge is 0.472 e. The van der Waals surface area contributed by atoms with E-state index >= 15 is 0 Å². The maximum atomic E-state index is 12.1. The molecule has 0 aliphatic carbocycles. The van der Waals surface area contributed by atoms with Crippen molar-refractivity contribution in [2.45, 2.75) is 51.5 Å². The Bertz CT molecular complexity index is 472. The summed E-state index contributed by atoms with van der Waals surface area (Å²) in [7, 11) is 0. The Morgan fingerprint density at radius 2 is 2.38 bits per heavy atom. The lowest BCUT2D eigenvalue weighted by Crippen LogP contribution is -2.42. The maximum Gasteiger partial charge on any atom is 0.249 e. The minimum atomic E-state index is -0.267. The smallest absolute Gasteiger partial charge is 0.249 e. The molecular weight excluding hydrogens is 268 g/mol. The fourth-order valence-corrected chi connectivity index (χ4v) is 3.33. The van der Waals surface area contributed by atoms with Gasteiger partial charge in [0.1, 0.15) is 6.10 Å². The molecule has 0 bridgehead atoms. The van der Waals surface area contributed by atoms with E-state index in [1.807, 2.05) is 19.9 Å². The van der Waals surface area contributed by atoms with Gasteiger partial charge in [-0.3, -0.25) is 9.69 Å². The molecule has 2 aliphatic heterocycles. The minimum Gasteiger partial charge on any atom is -0.472 e. The highest BCUT2D eigenvalue weighted by molar-refractivity contribution is 5.81. The summed E-state index contributed by atoms with van der Waals surface area (Å²) in [5.41, 5.74) is 1.19. The highest BCUT2D eigenvalue weighted by Crippen LogP contribution is 2.33. The van der Waals surface area contributed by atoms with E-state index in [9.17, 15) is 4.79 Å². The number of carbonyl (C=O) groups is 1. The molecule has 116 valence electrons. The zero-order valence-electron chi connectivity index (χ0n) is 12.7. The summed E-state index contributed by atoms with van der Waals surface area (Å²) in [5, 5.41) is 2.95. The molecule has 5 nitrogen and oxygen atoms in total. The van der Waals surface area contributed by atoms with Gasteiger partial charge >= 0.3 is 0 Å². The lowest BCUT2D eigenvalue weighted by atomic mass is 9.91. The lowest BCUT2D eigenvalue weighted by molar-refractivity contribution is -0.133. The first-order valence-corrected chi connectivity index (χ1v) is 7.81. The highest BCUT2D eigenvalue weighted by atomic mass is 16.5. The average Bonchev–Trinajstić information content (AvgIpc) is 3.06. The van der Waals surface area contributed by atoms with E-state index in [1.165, 1.54) is 5.56 Å². The predicted octanol–water partition coefficient (Wildman–Crippen LogP) is 1.78. The van der Waals surface area contributed by atoms with Crippen LogP contribution in [-0.2, 0) is 16.1 Å². The van der Waals surface area contributed by atoms with Crippen molar-refractivity contribution in [2.75, 3.05) is 13.1 Å². The predicted molar refractivity (Wildman–Crippen MR) is 78.6 cm³/mol. The Morgan fingerprint density at radius 3 is 3.10 bits per heavy atom. The summed E-state index contributed by atoms with van der Waals surface area (Å²) >= 11 is 0. The Labute approximate surface area is 125 Å². The molecule has 3 atom stereocenters. The quantitative estimate of drug-likeness (QED) is 0.919. The van der Waals surface area contributed by atoms with E-state index in [-0.39, 0.29) is 24.2 Å². The van der Waals surface area contributed by atoms with E-state index in [1.54, 1.807) is 12.5 Å². The zero-order valence-corrected chi connectivity index (χ0v) is 12.7. The highest BCUT2D eigenvalue weighted by Gasteiger charge is 2.41. The Hall–Kier alpha value is -1.33. The van der Waals surface area contributed by atoms with Gasteiger partial charge in [0.15, 0.2) is 0 Å². The molecule has 0 radical (unpaired) electrons. The average molecular weight is 292 g/mol. The number of piperidine rings is 1. The fourth-order valence-electron chi connectivity index (χ4n) is 3.33. The van der Waals surface area contributed by atoms with Crippen molar-refractivity contribution in [3.63, 3.8) is 0 Å². The number of hydrogen-bond donors (Lipinski definition) is 1. The van der Waals surface area contributed by atoms with Gasteiger partial charge in [-0.2, -0.15) is 0 Å². The van der Waals surface area contributed by atoms with E-state index in [0.29, 0.717) is 5.92 Å². The number of nitrogens with one attached hydrogen (secondary N) is 1. The second-order valence-corrected chi connectivity index (χ2v) is 6.48. The van der Waals surface area contributed by atoms with Gasteiger partial charge in [-0.05, 0) is 45.2 Å². The van der Waals surface area contributed by atoms with Crippen molar-refractivity contribution in [1.29, 1.82) is 0 Å². The zero-order chi connectivity index (χ0) is 14.8. The summed E-state index contributed by atoms with van der Waals surface area (Å²) in [4.78, 5) is 14.5. The molecule has 21 heavy (non-hydrogen) atoms. The van der Waals surface area contributed by atoms with Crippen LogP contribution in [-0.4, -0.2) is 42.1 Å². The number of furan rings is 1. The molecule has 1 amide bonds. The van der Waals surface area contributed by atoms with Crippen LogP contribution in [0.3, 0.4) is 0 Å². The van der Waals surface area contributed by atoms with Gasteiger partial charge < -0.3 is 14.5 Å². The fraction of sp³-hybridized carbons (Fsp3) is 0.688. The van der Waals surface area contributed by atoms with Crippen LogP contribution in [0.5, 0.6) is 0 Å². The molecule has 5 heteroatoms. The summed E-state index contributed by atoms with van der Waals surface area (Å²) in [5.74, 6) is 0.564. The number of nitrogens with zero attached hydrogens (tertiary/aromatic N) is 1. The van der Waals surface area contributed by atoms with Crippen LogP contribution in [0.2, 0.25) is 0 Å². The van der Waals surface area contributed by atoms with Gasteiger partial charge in [-0.1, -0.05) is 0 Å². The summed E-state index contributed by atoms with van der Waals surface area (Å²) in [6, 6.07) is 2.17. The van der Waals surface area contributed by atoms with Gasteiger partial charge in [-0.15, -0.1) is 0 Å². The topological polar surface area (TPSA) is 54.7 Å². The third-order valence-corrected chi connectivity index (χ3v) is 4.35. The lowest BCUT2D eigenvalue weighted by Gasteiger charge is -2.33. The number of likely N-dealkylation sites (tertiary alicyclic amines) is 1. The van der Waals surface area contributed by atoms with E-state index in [4.69, 9.17) is 9.15 Å². The SMILES string of the molecule is CC(C)NC(=O)[C@@H]1C[C@@H]2CCN(Cc3ccoc3)C[C@H]2O1. The first kappa shape index (κ1) is 14.6. The summed E-state index contributed by atoms with van der Waals surface area (Å²) < 4.78 is 11.1. The Morgan fingerprint density at radius 1 is 1.52 bits per heavy atom. The Kier molecular flexibility index (Phi) is 4.31. The number of carbonyl (C=O) groups excluding carboxylic acids is 1. The monoisotopic (exact) mass is 292 g/mol. The number of amides is 1. The second-order valence-electron chi connectivity index (χ2n) is 6.48. The van der Waals surface area contributed by atoms with E-state index in [2.05, 4.69) is 10.2 Å². The minimum absolute atomic E-state index is 0.0424. The molecule has 0 saturated carbocycles. The molecule has 2 fully saturated rings. The summed E-state index contributed by atoms with van der Waals surface area (Å²) in [6.45, 7) is 6.82. The molecule has 0 aromatic carbocycles. The van der Waals surface area contributed by atoms with Gasteiger partial charge in [-0.25, -0.2) is 0 Å². The molecule has 3 rings (SSSR count). The van der Waals surface area contributed by atoms with Crippen LogP contribution < -0.4 is 5.32 Å². The number of hydrogen-bond acceptors (Lipinski definition) is 4. The van der Waals surface area contributed by atoms with Gasteiger partial charge in [0.2, 0.25) is 5.91 Å². The second kappa shape index (κ2) is 6.20. The molecule has 1 N–H and O–H groups in total.